The van der Waals surface area contributed by atoms with Crippen molar-refractivity contribution in [3.8, 4) is 5.75 Å². The van der Waals surface area contributed by atoms with E-state index in [4.69, 9.17) is 9.47 Å². The van der Waals surface area contributed by atoms with Crippen LogP contribution in [0.4, 0.5) is 0 Å². The Bertz CT molecular complexity index is 344. The summed E-state index contributed by atoms with van der Waals surface area (Å²) in [4.78, 5) is 0. The maximum absolute atomic E-state index is 5.83. The molecule has 0 aromatic heterocycles. The second kappa shape index (κ2) is 8.18. The number of ether oxygens (including phenoxy) is 2. The molecule has 0 bridgehead atoms. The van der Waals surface area contributed by atoms with E-state index in [9.17, 15) is 0 Å². The first-order chi connectivity index (χ1) is 9.38. The number of nitrogens with one attached hydrogen (secondary N) is 1. The molecule has 1 N–H and O–H groups in total. The van der Waals surface area contributed by atoms with Crippen LogP contribution in [0, 0.1) is 0 Å². The Balaban J connectivity index is 1.62. The van der Waals surface area contributed by atoms with Crippen molar-refractivity contribution >= 4 is 0 Å². The van der Waals surface area contributed by atoms with Gasteiger partial charge in [0.15, 0.2) is 0 Å². The Kier molecular flexibility index (Phi) is 6.18. The van der Waals surface area contributed by atoms with Crippen molar-refractivity contribution in [2.45, 2.75) is 44.8 Å². The van der Waals surface area contributed by atoms with Crippen LogP contribution in [-0.2, 0) is 11.3 Å². The largest absolute Gasteiger partial charge is 0.491 e. The van der Waals surface area contributed by atoms with Crippen molar-refractivity contribution in [1.29, 1.82) is 0 Å². The van der Waals surface area contributed by atoms with Crippen molar-refractivity contribution in [3.63, 3.8) is 0 Å². The standard InChI is InChI=1S/C16H25NO2/c1-17-13-14-7-9-16(10-8-14)19-12-11-18-15-5-3-2-4-6-15/h7-10,15,17H,2-6,11-13H2,1H3. The molecule has 0 unspecified atom stereocenters. The Morgan fingerprint density at radius 3 is 2.47 bits per heavy atom. The monoisotopic (exact) mass is 263 g/mol. The first-order valence-electron chi connectivity index (χ1n) is 7.36. The normalized spacial score (nSPS) is 16.5. The van der Waals surface area contributed by atoms with Gasteiger partial charge in [0, 0.05) is 6.54 Å². The van der Waals surface area contributed by atoms with E-state index in [1.54, 1.807) is 0 Å². The van der Waals surface area contributed by atoms with Gasteiger partial charge in [-0.15, -0.1) is 0 Å². The second-order valence-electron chi connectivity index (χ2n) is 5.15. The summed E-state index contributed by atoms with van der Waals surface area (Å²) in [6.07, 6.45) is 6.92. The molecule has 3 nitrogen and oxygen atoms in total. The molecule has 0 spiro atoms. The quantitative estimate of drug-likeness (QED) is 0.767. The number of hydrogen-bond acceptors (Lipinski definition) is 3. The summed E-state index contributed by atoms with van der Waals surface area (Å²) in [6.45, 7) is 2.23. The fourth-order valence-corrected chi connectivity index (χ4v) is 2.51. The van der Waals surface area contributed by atoms with E-state index in [1.807, 2.05) is 19.2 Å². The third-order valence-electron chi connectivity index (χ3n) is 3.56. The number of benzene rings is 1. The summed E-state index contributed by atoms with van der Waals surface area (Å²) in [5.74, 6) is 0.923. The SMILES string of the molecule is CNCc1ccc(OCCOC2CCCCC2)cc1. The number of rotatable bonds is 7. The van der Waals surface area contributed by atoms with Crippen LogP contribution in [0.15, 0.2) is 24.3 Å². The molecule has 1 saturated carbocycles. The van der Waals surface area contributed by atoms with Crippen molar-refractivity contribution in [1.82, 2.24) is 5.32 Å². The molecule has 1 fully saturated rings. The molecule has 0 atom stereocenters. The van der Waals surface area contributed by atoms with Gasteiger partial charge in [-0.2, -0.15) is 0 Å². The van der Waals surface area contributed by atoms with Gasteiger partial charge in [0.05, 0.1) is 12.7 Å². The van der Waals surface area contributed by atoms with Crippen LogP contribution in [0.5, 0.6) is 5.75 Å². The molecule has 1 aliphatic rings. The Morgan fingerprint density at radius 2 is 1.79 bits per heavy atom. The van der Waals surface area contributed by atoms with Crippen LogP contribution >= 0.6 is 0 Å². The number of hydrogen-bond donors (Lipinski definition) is 1. The lowest BCUT2D eigenvalue weighted by molar-refractivity contribution is 0.0129. The zero-order valence-electron chi connectivity index (χ0n) is 11.9. The lowest BCUT2D eigenvalue weighted by atomic mass is 9.98. The van der Waals surface area contributed by atoms with E-state index < -0.39 is 0 Å². The summed E-state index contributed by atoms with van der Waals surface area (Å²) >= 11 is 0. The van der Waals surface area contributed by atoms with Gasteiger partial charge >= 0.3 is 0 Å². The van der Waals surface area contributed by atoms with E-state index in [0.717, 1.165) is 12.3 Å². The van der Waals surface area contributed by atoms with Gasteiger partial charge in [-0.1, -0.05) is 31.4 Å². The molecule has 0 saturated heterocycles. The minimum atomic E-state index is 0.468. The highest BCUT2D eigenvalue weighted by Crippen LogP contribution is 2.20. The predicted octanol–water partition coefficient (Wildman–Crippen LogP) is 3.13. The van der Waals surface area contributed by atoms with Gasteiger partial charge in [-0.05, 0) is 37.6 Å². The molecule has 0 heterocycles. The van der Waals surface area contributed by atoms with Crippen molar-refractivity contribution in [2.24, 2.45) is 0 Å². The van der Waals surface area contributed by atoms with E-state index in [2.05, 4.69) is 17.4 Å². The summed E-state index contributed by atoms with van der Waals surface area (Å²) < 4.78 is 11.5. The molecule has 106 valence electrons. The van der Waals surface area contributed by atoms with Gasteiger partial charge in [-0.3, -0.25) is 0 Å². The molecule has 2 rings (SSSR count). The van der Waals surface area contributed by atoms with E-state index in [1.165, 1.54) is 37.7 Å². The highest BCUT2D eigenvalue weighted by molar-refractivity contribution is 5.27. The predicted molar refractivity (Wildman–Crippen MR) is 77.5 cm³/mol. The van der Waals surface area contributed by atoms with Gasteiger partial charge in [-0.25, -0.2) is 0 Å². The minimum Gasteiger partial charge on any atom is -0.491 e. The van der Waals surface area contributed by atoms with Gasteiger partial charge < -0.3 is 14.8 Å². The van der Waals surface area contributed by atoms with Gasteiger partial charge in [0.25, 0.3) is 0 Å². The molecule has 0 radical (unpaired) electrons. The van der Waals surface area contributed by atoms with Crippen molar-refractivity contribution in [2.75, 3.05) is 20.3 Å². The zero-order chi connectivity index (χ0) is 13.3. The third-order valence-corrected chi connectivity index (χ3v) is 3.56. The summed E-state index contributed by atoms with van der Waals surface area (Å²) in [6, 6.07) is 8.22. The van der Waals surface area contributed by atoms with E-state index >= 15 is 0 Å². The van der Waals surface area contributed by atoms with Gasteiger partial charge in [0.1, 0.15) is 12.4 Å². The minimum absolute atomic E-state index is 0.468. The maximum atomic E-state index is 5.83. The Hall–Kier alpha value is -1.06. The lowest BCUT2D eigenvalue weighted by Crippen LogP contribution is -2.19. The molecule has 19 heavy (non-hydrogen) atoms. The summed E-state index contributed by atoms with van der Waals surface area (Å²) in [7, 11) is 1.95. The fourth-order valence-electron chi connectivity index (χ4n) is 2.51. The van der Waals surface area contributed by atoms with Crippen molar-refractivity contribution in [3.05, 3.63) is 29.8 Å². The zero-order valence-corrected chi connectivity index (χ0v) is 11.9. The van der Waals surface area contributed by atoms with Crippen LogP contribution < -0.4 is 10.1 Å². The van der Waals surface area contributed by atoms with Crippen LogP contribution in [-0.4, -0.2) is 26.4 Å². The average Bonchev–Trinajstić information content (AvgIpc) is 2.47. The summed E-state index contributed by atoms with van der Waals surface area (Å²) in [5.41, 5.74) is 1.27. The summed E-state index contributed by atoms with van der Waals surface area (Å²) in [5, 5.41) is 3.13. The first kappa shape index (κ1) is 14.4. The molecule has 0 amide bonds. The van der Waals surface area contributed by atoms with E-state index in [0.29, 0.717) is 19.3 Å². The first-order valence-corrected chi connectivity index (χ1v) is 7.36. The van der Waals surface area contributed by atoms with Crippen LogP contribution in [0.1, 0.15) is 37.7 Å². The van der Waals surface area contributed by atoms with Crippen molar-refractivity contribution < 1.29 is 9.47 Å². The Labute approximate surface area is 116 Å². The highest BCUT2D eigenvalue weighted by Gasteiger charge is 2.13. The molecule has 3 heteroatoms. The maximum Gasteiger partial charge on any atom is 0.119 e. The van der Waals surface area contributed by atoms with Crippen LogP contribution in [0.3, 0.4) is 0 Å². The smallest absolute Gasteiger partial charge is 0.119 e. The average molecular weight is 263 g/mol. The molecule has 1 aliphatic carbocycles. The fraction of sp³-hybridized carbons (Fsp3) is 0.625. The Morgan fingerprint density at radius 1 is 1.05 bits per heavy atom. The molecule has 1 aromatic carbocycles. The molecular weight excluding hydrogens is 238 g/mol. The second-order valence-corrected chi connectivity index (χ2v) is 5.15. The van der Waals surface area contributed by atoms with Gasteiger partial charge in [0.2, 0.25) is 0 Å². The molecule has 0 aliphatic heterocycles. The topological polar surface area (TPSA) is 30.5 Å². The third kappa shape index (κ3) is 5.21. The van der Waals surface area contributed by atoms with E-state index in [-0.39, 0.29) is 0 Å². The lowest BCUT2D eigenvalue weighted by Gasteiger charge is -2.21. The highest BCUT2D eigenvalue weighted by atomic mass is 16.5. The van der Waals surface area contributed by atoms with Crippen LogP contribution in [0.2, 0.25) is 0 Å². The van der Waals surface area contributed by atoms with Crippen LogP contribution in [0.25, 0.3) is 0 Å². The molecular formula is C16H25NO2. The molecule has 1 aromatic rings.